The molecule has 6 heteroatoms. The van der Waals surface area contributed by atoms with E-state index in [1.54, 1.807) is 13.8 Å². The highest BCUT2D eigenvalue weighted by Gasteiger charge is 2.28. The number of hydrogen-bond acceptors (Lipinski definition) is 3. The summed E-state index contributed by atoms with van der Waals surface area (Å²) >= 11 is 0. The molecule has 2 N–H and O–H groups in total. The fraction of sp³-hybridized carbons (Fsp3) is 0.455. The summed E-state index contributed by atoms with van der Waals surface area (Å²) in [6, 6.07) is 4.17. The zero-order chi connectivity index (χ0) is 13.1. The van der Waals surface area contributed by atoms with E-state index < -0.39 is 12.8 Å². The van der Waals surface area contributed by atoms with Crippen LogP contribution >= 0.6 is 0 Å². The minimum Gasteiger partial charge on any atom is -0.489 e. The molecule has 0 heterocycles. The number of nitrogens with two attached hydrogens (primary N) is 1. The average molecular weight is 249 g/mol. The van der Waals surface area contributed by atoms with Crippen molar-refractivity contribution in [3.8, 4) is 11.5 Å². The van der Waals surface area contributed by atoms with Crippen molar-refractivity contribution < 1.29 is 22.6 Å². The maximum atomic E-state index is 12.0. The van der Waals surface area contributed by atoms with Crippen LogP contribution in [0.4, 0.5) is 18.9 Å². The van der Waals surface area contributed by atoms with Crippen LogP contribution < -0.4 is 15.2 Å². The first-order valence-corrected chi connectivity index (χ1v) is 5.03. The van der Waals surface area contributed by atoms with Gasteiger partial charge in [0.15, 0.2) is 6.61 Å². The van der Waals surface area contributed by atoms with Crippen molar-refractivity contribution in [3.05, 3.63) is 18.2 Å². The van der Waals surface area contributed by atoms with Gasteiger partial charge >= 0.3 is 6.18 Å². The fourth-order valence-corrected chi connectivity index (χ4v) is 1.13. The quantitative estimate of drug-likeness (QED) is 0.834. The summed E-state index contributed by atoms with van der Waals surface area (Å²) < 4.78 is 45.8. The van der Waals surface area contributed by atoms with Crippen molar-refractivity contribution in [2.45, 2.75) is 26.1 Å². The predicted octanol–water partition coefficient (Wildman–Crippen LogP) is 3.00. The Morgan fingerprint density at radius 3 is 2.47 bits per heavy atom. The van der Waals surface area contributed by atoms with Crippen molar-refractivity contribution in [1.82, 2.24) is 0 Å². The molecular weight excluding hydrogens is 235 g/mol. The molecule has 17 heavy (non-hydrogen) atoms. The lowest BCUT2D eigenvalue weighted by atomic mass is 10.3. The molecule has 3 nitrogen and oxygen atoms in total. The number of halogens is 3. The van der Waals surface area contributed by atoms with Crippen LogP contribution in [0.2, 0.25) is 0 Å². The van der Waals surface area contributed by atoms with Gasteiger partial charge in [-0.15, -0.1) is 0 Å². The van der Waals surface area contributed by atoms with Crippen LogP contribution in [0.1, 0.15) is 13.8 Å². The molecule has 0 unspecified atom stereocenters. The number of nitrogen functional groups attached to an aromatic ring is 1. The van der Waals surface area contributed by atoms with Crippen LogP contribution in [0.5, 0.6) is 11.5 Å². The van der Waals surface area contributed by atoms with E-state index in [2.05, 4.69) is 4.74 Å². The summed E-state index contributed by atoms with van der Waals surface area (Å²) in [5, 5.41) is 0. The van der Waals surface area contributed by atoms with Gasteiger partial charge in [-0.25, -0.2) is 0 Å². The molecule has 0 spiro atoms. The SMILES string of the molecule is CC(C)Oc1cc(OCC(F)(F)F)ccc1N. The minimum atomic E-state index is -4.36. The normalized spacial score (nSPS) is 11.6. The number of rotatable bonds is 4. The molecule has 0 saturated heterocycles. The summed E-state index contributed by atoms with van der Waals surface area (Å²) in [6.45, 7) is 2.25. The zero-order valence-corrected chi connectivity index (χ0v) is 9.54. The number of anilines is 1. The van der Waals surface area contributed by atoms with E-state index in [4.69, 9.17) is 10.5 Å². The summed E-state index contributed by atoms with van der Waals surface area (Å²) in [4.78, 5) is 0. The Balaban J connectivity index is 2.74. The van der Waals surface area contributed by atoms with Gasteiger partial charge in [0.05, 0.1) is 11.8 Å². The first-order valence-electron chi connectivity index (χ1n) is 5.03. The number of ether oxygens (including phenoxy) is 2. The van der Waals surface area contributed by atoms with E-state index in [0.29, 0.717) is 11.4 Å². The summed E-state index contributed by atoms with van der Waals surface area (Å²) in [7, 11) is 0. The summed E-state index contributed by atoms with van der Waals surface area (Å²) in [5.41, 5.74) is 5.98. The fourth-order valence-electron chi connectivity index (χ4n) is 1.13. The molecule has 0 atom stereocenters. The van der Waals surface area contributed by atoms with Gasteiger partial charge in [0.1, 0.15) is 11.5 Å². The molecule has 96 valence electrons. The van der Waals surface area contributed by atoms with Crippen molar-refractivity contribution in [3.63, 3.8) is 0 Å². The van der Waals surface area contributed by atoms with Gasteiger partial charge in [0.25, 0.3) is 0 Å². The summed E-state index contributed by atoms with van der Waals surface area (Å²) in [6.07, 6.45) is -4.48. The smallest absolute Gasteiger partial charge is 0.422 e. The lowest BCUT2D eigenvalue weighted by Crippen LogP contribution is -2.19. The Morgan fingerprint density at radius 1 is 1.29 bits per heavy atom. The third kappa shape index (κ3) is 4.84. The Bertz CT molecular complexity index is 377. The lowest BCUT2D eigenvalue weighted by Gasteiger charge is -2.14. The Kier molecular flexibility index (Phi) is 4.09. The molecule has 0 saturated carbocycles. The molecule has 0 radical (unpaired) electrons. The van der Waals surface area contributed by atoms with E-state index in [1.165, 1.54) is 18.2 Å². The van der Waals surface area contributed by atoms with Gasteiger partial charge in [-0.1, -0.05) is 0 Å². The maximum Gasteiger partial charge on any atom is 0.422 e. The standard InChI is InChI=1S/C11H14F3NO2/c1-7(2)17-10-5-8(3-4-9(10)15)16-6-11(12,13)14/h3-5,7H,6,15H2,1-2H3. The van der Waals surface area contributed by atoms with Crippen LogP contribution in [-0.4, -0.2) is 18.9 Å². The molecule has 0 bridgehead atoms. The van der Waals surface area contributed by atoms with Gasteiger partial charge in [-0.2, -0.15) is 13.2 Å². The minimum absolute atomic E-state index is 0.0761. The van der Waals surface area contributed by atoms with Crippen molar-refractivity contribution in [2.75, 3.05) is 12.3 Å². The van der Waals surface area contributed by atoms with Crippen LogP contribution in [0, 0.1) is 0 Å². The second kappa shape index (κ2) is 5.16. The van der Waals surface area contributed by atoms with Gasteiger partial charge in [-0.3, -0.25) is 0 Å². The average Bonchev–Trinajstić information content (AvgIpc) is 2.17. The first kappa shape index (κ1) is 13.5. The second-order valence-electron chi connectivity index (χ2n) is 3.77. The zero-order valence-electron chi connectivity index (χ0n) is 9.54. The molecule has 0 fully saturated rings. The number of benzene rings is 1. The number of hydrogen-bond donors (Lipinski definition) is 1. The first-order chi connectivity index (χ1) is 7.78. The molecule has 0 aliphatic carbocycles. The van der Waals surface area contributed by atoms with Gasteiger partial charge in [0.2, 0.25) is 0 Å². The molecule has 1 rings (SSSR count). The third-order valence-corrected chi connectivity index (χ3v) is 1.75. The van der Waals surface area contributed by atoms with E-state index in [0.717, 1.165) is 0 Å². The monoisotopic (exact) mass is 249 g/mol. The van der Waals surface area contributed by atoms with Crippen molar-refractivity contribution in [1.29, 1.82) is 0 Å². The molecule has 1 aromatic carbocycles. The van der Waals surface area contributed by atoms with E-state index in [-0.39, 0.29) is 11.9 Å². The number of alkyl halides is 3. The Morgan fingerprint density at radius 2 is 1.94 bits per heavy atom. The molecule has 0 amide bonds. The Labute approximate surface area is 97.3 Å². The maximum absolute atomic E-state index is 12.0. The van der Waals surface area contributed by atoms with Crippen molar-refractivity contribution >= 4 is 5.69 Å². The highest BCUT2D eigenvalue weighted by molar-refractivity contribution is 5.55. The van der Waals surface area contributed by atoms with Crippen LogP contribution in [0.3, 0.4) is 0 Å². The molecular formula is C11H14F3NO2. The van der Waals surface area contributed by atoms with Crippen LogP contribution in [0.15, 0.2) is 18.2 Å². The second-order valence-corrected chi connectivity index (χ2v) is 3.77. The highest BCUT2D eigenvalue weighted by atomic mass is 19.4. The van der Waals surface area contributed by atoms with Crippen LogP contribution in [-0.2, 0) is 0 Å². The molecule has 0 aromatic heterocycles. The van der Waals surface area contributed by atoms with E-state index in [1.807, 2.05) is 0 Å². The molecule has 0 aliphatic rings. The lowest BCUT2D eigenvalue weighted by molar-refractivity contribution is -0.153. The van der Waals surface area contributed by atoms with Crippen molar-refractivity contribution in [2.24, 2.45) is 0 Å². The van der Waals surface area contributed by atoms with Gasteiger partial charge < -0.3 is 15.2 Å². The molecule has 0 aliphatic heterocycles. The Hall–Kier alpha value is -1.59. The third-order valence-electron chi connectivity index (χ3n) is 1.75. The van der Waals surface area contributed by atoms with Crippen LogP contribution in [0.25, 0.3) is 0 Å². The predicted molar refractivity (Wildman–Crippen MR) is 58.2 cm³/mol. The van der Waals surface area contributed by atoms with E-state index >= 15 is 0 Å². The van der Waals surface area contributed by atoms with Gasteiger partial charge in [0, 0.05) is 6.07 Å². The largest absolute Gasteiger partial charge is 0.489 e. The molecule has 1 aromatic rings. The van der Waals surface area contributed by atoms with Gasteiger partial charge in [-0.05, 0) is 26.0 Å². The summed E-state index contributed by atoms with van der Waals surface area (Å²) in [5.74, 6) is 0.395. The topological polar surface area (TPSA) is 44.5 Å². The highest BCUT2D eigenvalue weighted by Crippen LogP contribution is 2.28. The van der Waals surface area contributed by atoms with E-state index in [9.17, 15) is 13.2 Å².